The number of ether oxygens (including phenoxy) is 3. The number of carbonyl (C=O) groups excluding carboxylic acids is 3. The molecule has 32 heavy (non-hydrogen) atoms. The van der Waals surface area contributed by atoms with Gasteiger partial charge in [0.25, 0.3) is 5.91 Å². The van der Waals surface area contributed by atoms with Crippen LogP contribution in [0.3, 0.4) is 0 Å². The maximum atomic E-state index is 13.1. The molecule has 8 heteroatoms. The van der Waals surface area contributed by atoms with Gasteiger partial charge in [-0.1, -0.05) is 18.2 Å². The van der Waals surface area contributed by atoms with Crippen LogP contribution in [0.1, 0.15) is 26.3 Å². The third-order valence-corrected chi connectivity index (χ3v) is 5.38. The van der Waals surface area contributed by atoms with E-state index in [1.54, 1.807) is 48.5 Å². The van der Waals surface area contributed by atoms with E-state index < -0.39 is 18.5 Å². The van der Waals surface area contributed by atoms with E-state index >= 15 is 0 Å². The van der Waals surface area contributed by atoms with Gasteiger partial charge >= 0.3 is 5.97 Å². The Bertz CT molecular complexity index is 1180. The Morgan fingerprint density at radius 3 is 2.31 bits per heavy atom. The van der Waals surface area contributed by atoms with Gasteiger partial charge in [-0.25, -0.2) is 4.79 Å². The Balaban J connectivity index is 1.45. The number of halogens is 1. The molecule has 3 aromatic carbocycles. The highest BCUT2D eigenvalue weighted by Crippen LogP contribution is 2.31. The first-order valence-electron chi connectivity index (χ1n) is 9.77. The summed E-state index contributed by atoms with van der Waals surface area (Å²) in [5.74, 6) is -0.550. The second kappa shape index (κ2) is 9.82. The van der Waals surface area contributed by atoms with Crippen LogP contribution in [0.5, 0.6) is 11.5 Å². The number of esters is 1. The lowest BCUT2D eigenvalue weighted by atomic mass is 9.98. The van der Waals surface area contributed by atoms with E-state index in [1.807, 2.05) is 12.1 Å². The highest BCUT2D eigenvalue weighted by atomic mass is 127. The molecule has 162 valence electrons. The average Bonchev–Trinajstić information content (AvgIpc) is 2.83. The summed E-state index contributed by atoms with van der Waals surface area (Å²) >= 11 is 2.16. The Hall–Kier alpha value is -3.40. The number of anilines is 1. The predicted octanol–water partition coefficient (Wildman–Crippen LogP) is 4.09. The van der Waals surface area contributed by atoms with E-state index in [0.717, 1.165) is 3.57 Å². The number of hydrogen-bond acceptors (Lipinski definition) is 6. The molecule has 1 N–H and O–H groups in total. The lowest BCUT2D eigenvalue weighted by Gasteiger charge is -2.18. The third kappa shape index (κ3) is 5.08. The molecule has 0 saturated carbocycles. The summed E-state index contributed by atoms with van der Waals surface area (Å²) in [6, 6.07) is 18.4. The van der Waals surface area contributed by atoms with Crippen molar-refractivity contribution in [3.63, 3.8) is 0 Å². The number of rotatable bonds is 6. The van der Waals surface area contributed by atoms with Gasteiger partial charge in [0.1, 0.15) is 13.2 Å². The Morgan fingerprint density at radius 2 is 1.56 bits per heavy atom. The quantitative estimate of drug-likeness (QED) is 0.286. The molecule has 0 radical (unpaired) electrons. The van der Waals surface area contributed by atoms with Gasteiger partial charge in [0.15, 0.2) is 23.9 Å². The van der Waals surface area contributed by atoms with E-state index in [0.29, 0.717) is 36.0 Å². The number of hydrogen-bond donors (Lipinski definition) is 1. The molecule has 4 rings (SSSR count). The molecule has 1 aliphatic heterocycles. The van der Waals surface area contributed by atoms with Gasteiger partial charge < -0.3 is 19.5 Å². The molecular weight excluding hydrogens is 525 g/mol. The number of ketones is 1. The van der Waals surface area contributed by atoms with Crippen molar-refractivity contribution < 1.29 is 28.6 Å². The molecule has 7 nitrogen and oxygen atoms in total. The molecule has 0 fully saturated rings. The maximum absolute atomic E-state index is 13.1. The first-order chi connectivity index (χ1) is 15.5. The number of benzene rings is 3. The van der Waals surface area contributed by atoms with Crippen LogP contribution < -0.4 is 14.8 Å². The van der Waals surface area contributed by atoms with E-state index in [2.05, 4.69) is 27.9 Å². The molecule has 1 aliphatic rings. The Morgan fingerprint density at radius 1 is 0.875 bits per heavy atom. The van der Waals surface area contributed by atoms with Crippen LogP contribution in [0.25, 0.3) is 0 Å². The highest BCUT2D eigenvalue weighted by molar-refractivity contribution is 14.1. The first-order valence-corrected chi connectivity index (χ1v) is 10.8. The number of amides is 1. The Kier molecular flexibility index (Phi) is 6.69. The van der Waals surface area contributed by atoms with Crippen LogP contribution in [-0.2, 0) is 9.53 Å². The predicted molar refractivity (Wildman–Crippen MR) is 125 cm³/mol. The van der Waals surface area contributed by atoms with Crippen LogP contribution in [0.2, 0.25) is 0 Å². The summed E-state index contributed by atoms with van der Waals surface area (Å²) < 4.78 is 17.2. The molecule has 3 aromatic rings. The average molecular weight is 543 g/mol. The summed E-state index contributed by atoms with van der Waals surface area (Å²) in [7, 11) is 0. The van der Waals surface area contributed by atoms with Crippen molar-refractivity contribution in [3.05, 3.63) is 87.0 Å². The third-order valence-electron chi connectivity index (χ3n) is 4.66. The summed E-state index contributed by atoms with van der Waals surface area (Å²) in [4.78, 5) is 37.8. The van der Waals surface area contributed by atoms with Crippen molar-refractivity contribution in [1.82, 2.24) is 0 Å². The second-order valence-corrected chi connectivity index (χ2v) is 8.11. The minimum atomic E-state index is -0.760. The molecule has 0 atom stereocenters. The van der Waals surface area contributed by atoms with Gasteiger partial charge in [0.05, 0.1) is 5.56 Å². The van der Waals surface area contributed by atoms with Gasteiger partial charge in [-0.15, -0.1) is 0 Å². The minimum Gasteiger partial charge on any atom is -0.486 e. The van der Waals surface area contributed by atoms with E-state index in [4.69, 9.17) is 14.2 Å². The minimum absolute atomic E-state index is 0.0782. The van der Waals surface area contributed by atoms with Gasteiger partial charge in [-0.3, -0.25) is 9.59 Å². The SMILES string of the molecule is O=C(COC(=O)c1ccccc1C(=O)c1ccc2c(c1)OCCO2)Nc1ccc(I)cc1. The fourth-order valence-corrected chi connectivity index (χ4v) is 3.50. The molecule has 0 aromatic heterocycles. The van der Waals surface area contributed by atoms with Crippen molar-refractivity contribution in [3.8, 4) is 11.5 Å². The number of fused-ring (bicyclic) bond motifs is 1. The first kappa shape index (κ1) is 21.8. The zero-order valence-corrected chi connectivity index (χ0v) is 19.0. The molecule has 1 heterocycles. The van der Waals surface area contributed by atoms with Gasteiger partial charge in [0.2, 0.25) is 0 Å². The van der Waals surface area contributed by atoms with Crippen molar-refractivity contribution in [1.29, 1.82) is 0 Å². The fourth-order valence-electron chi connectivity index (χ4n) is 3.14. The monoisotopic (exact) mass is 543 g/mol. The molecule has 0 bridgehead atoms. The molecule has 1 amide bonds. The molecule has 0 aliphatic carbocycles. The van der Waals surface area contributed by atoms with E-state index in [1.165, 1.54) is 6.07 Å². The van der Waals surface area contributed by atoms with Crippen LogP contribution >= 0.6 is 22.6 Å². The molecule has 0 unspecified atom stereocenters. The van der Waals surface area contributed by atoms with Crippen molar-refractivity contribution >= 4 is 45.9 Å². The van der Waals surface area contributed by atoms with Crippen LogP contribution in [0.4, 0.5) is 5.69 Å². The van der Waals surface area contributed by atoms with E-state index in [-0.39, 0.29) is 16.9 Å². The summed E-state index contributed by atoms with van der Waals surface area (Å²) in [6.07, 6.45) is 0. The summed E-state index contributed by atoms with van der Waals surface area (Å²) in [5.41, 5.74) is 1.20. The second-order valence-electron chi connectivity index (χ2n) is 6.86. The molecule has 0 spiro atoms. The van der Waals surface area contributed by atoms with Gasteiger partial charge in [0, 0.05) is 20.4 Å². The summed E-state index contributed by atoms with van der Waals surface area (Å²) in [6.45, 7) is 0.376. The van der Waals surface area contributed by atoms with Gasteiger partial charge in [-0.2, -0.15) is 0 Å². The maximum Gasteiger partial charge on any atom is 0.339 e. The smallest absolute Gasteiger partial charge is 0.339 e. The van der Waals surface area contributed by atoms with Crippen LogP contribution in [0, 0.1) is 3.57 Å². The van der Waals surface area contributed by atoms with E-state index in [9.17, 15) is 14.4 Å². The van der Waals surface area contributed by atoms with Crippen LogP contribution in [-0.4, -0.2) is 37.5 Å². The Labute approximate surface area is 197 Å². The zero-order valence-electron chi connectivity index (χ0n) is 16.8. The van der Waals surface area contributed by atoms with Crippen LogP contribution in [0.15, 0.2) is 66.7 Å². The van der Waals surface area contributed by atoms with Gasteiger partial charge in [-0.05, 0) is 71.1 Å². The highest BCUT2D eigenvalue weighted by Gasteiger charge is 2.22. The summed E-state index contributed by atoms with van der Waals surface area (Å²) in [5, 5.41) is 2.66. The zero-order chi connectivity index (χ0) is 22.5. The topological polar surface area (TPSA) is 90.9 Å². The lowest BCUT2D eigenvalue weighted by molar-refractivity contribution is -0.119. The van der Waals surface area contributed by atoms with Crippen molar-refractivity contribution in [2.75, 3.05) is 25.1 Å². The normalized spacial score (nSPS) is 12.0. The lowest BCUT2D eigenvalue weighted by Crippen LogP contribution is -2.22. The van der Waals surface area contributed by atoms with Crippen molar-refractivity contribution in [2.45, 2.75) is 0 Å². The standard InChI is InChI=1S/C24H18INO6/c25-16-6-8-17(9-7-16)26-22(27)14-32-24(29)19-4-2-1-3-18(19)23(28)15-5-10-20-21(13-15)31-12-11-30-20/h1-10,13H,11-12,14H2,(H,26,27). The fraction of sp³-hybridized carbons (Fsp3) is 0.125. The molecular formula is C24H18INO6. The van der Waals surface area contributed by atoms with Crippen molar-refractivity contribution in [2.24, 2.45) is 0 Å². The number of carbonyl (C=O) groups is 3. The largest absolute Gasteiger partial charge is 0.486 e. The number of nitrogens with one attached hydrogen (secondary N) is 1. The molecule has 0 saturated heterocycles.